The van der Waals surface area contributed by atoms with E-state index in [9.17, 15) is 0 Å². The second-order valence-corrected chi connectivity index (χ2v) is 1.75. The van der Waals surface area contributed by atoms with E-state index in [4.69, 9.17) is 0 Å². The largest absolute Gasteiger partial charge is 0.361 e. The number of hydrogen-bond donors (Lipinski definition) is 1. The maximum atomic E-state index is 3.64. The zero-order valence-corrected chi connectivity index (χ0v) is 7.22. The molecule has 1 nitrogen and oxygen atoms in total. The van der Waals surface area contributed by atoms with Crippen molar-refractivity contribution in [2.24, 2.45) is 0 Å². The summed E-state index contributed by atoms with van der Waals surface area (Å²) in [4.78, 5) is 3.02. The van der Waals surface area contributed by atoms with Gasteiger partial charge in [0.25, 0.3) is 0 Å². The van der Waals surface area contributed by atoms with Gasteiger partial charge in [0.1, 0.15) is 0 Å². The van der Waals surface area contributed by atoms with Gasteiger partial charge in [-0.2, -0.15) is 0 Å². The number of H-pyrrole nitrogens is 1. The Morgan fingerprint density at radius 3 is 2.27 bits per heavy atom. The standard InChI is InChI=1S/C8H9N.C2H6/c1-3-7-5-6-9-8(7)4-2;1-2/h3-6,9H,1-2H2;1-2H3. The fourth-order valence-electron chi connectivity index (χ4n) is 0.749. The summed E-state index contributed by atoms with van der Waals surface area (Å²) in [5, 5.41) is 0. The first-order valence-electron chi connectivity index (χ1n) is 3.80. The molecule has 0 amide bonds. The van der Waals surface area contributed by atoms with Gasteiger partial charge in [-0.3, -0.25) is 0 Å². The average Bonchev–Trinajstić information content (AvgIpc) is 2.54. The molecular weight excluding hydrogens is 134 g/mol. The maximum absolute atomic E-state index is 3.64. The van der Waals surface area contributed by atoms with Crippen molar-refractivity contribution >= 4 is 12.2 Å². The molecule has 1 N–H and O–H groups in total. The Bertz CT molecular complexity index is 198. The van der Waals surface area contributed by atoms with Crippen molar-refractivity contribution in [1.29, 1.82) is 0 Å². The highest BCUT2D eigenvalue weighted by molar-refractivity contribution is 5.60. The maximum Gasteiger partial charge on any atom is 0.0447 e. The second-order valence-electron chi connectivity index (χ2n) is 1.75. The molecule has 0 aliphatic rings. The minimum Gasteiger partial charge on any atom is -0.361 e. The van der Waals surface area contributed by atoms with E-state index in [2.05, 4.69) is 18.1 Å². The van der Waals surface area contributed by atoms with E-state index < -0.39 is 0 Å². The van der Waals surface area contributed by atoms with Gasteiger partial charge < -0.3 is 4.98 Å². The van der Waals surface area contributed by atoms with Crippen LogP contribution in [0.5, 0.6) is 0 Å². The lowest BCUT2D eigenvalue weighted by atomic mass is 10.2. The van der Waals surface area contributed by atoms with Crippen LogP contribution in [0.15, 0.2) is 25.4 Å². The molecule has 0 unspecified atom stereocenters. The smallest absolute Gasteiger partial charge is 0.0447 e. The van der Waals surface area contributed by atoms with Gasteiger partial charge in [-0.1, -0.05) is 33.1 Å². The summed E-state index contributed by atoms with van der Waals surface area (Å²) >= 11 is 0. The Kier molecular flexibility index (Phi) is 4.91. The van der Waals surface area contributed by atoms with E-state index in [1.54, 1.807) is 12.2 Å². The SMILES string of the molecule is C=Cc1cc[nH]c1C=C.CC. The first kappa shape index (κ1) is 9.76. The third kappa shape index (κ3) is 2.46. The van der Waals surface area contributed by atoms with Crippen LogP contribution in [0.4, 0.5) is 0 Å². The molecule has 0 saturated heterocycles. The highest BCUT2D eigenvalue weighted by Gasteiger charge is 1.91. The molecule has 0 bridgehead atoms. The fourth-order valence-corrected chi connectivity index (χ4v) is 0.749. The minimum atomic E-state index is 1.03. The van der Waals surface area contributed by atoms with Crippen molar-refractivity contribution in [2.75, 3.05) is 0 Å². The predicted octanol–water partition coefficient (Wildman–Crippen LogP) is 3.33. The number of nitrogens with one attached hydrogen (secondary N) is 1. The number of rotatable bonds is 2. The van der Waals surface area contributed by atoms with Crippen molar-refractivity contribution in [3.8, 4) is 0 Å². The first-order valence-corrected chi connectivity index (χ1v) is 3.80. The van der Waals surface area contributed by atoms with Crippen LogP contribution in [0.1, 0.15) is 25.1 Å². The molecule has 1 aromatic heterocycles. The molecule has 1 heteroatoms. The quantitative estimate of drug-likeness (QED) is 0.664. The summed E-state index contributed by atoms with van der Waals surface area (Å²) in [6.07, 6.45) is 5.44. The molecule has 60 valence electrons. The molecule has 0 aliphatic heterocycles. The molecule has 0 fully saturated rings. The summed E-state index contributed by atoms with van der Waals surface area (Å²) in [5.41, 5.74) is 2.13. The van der Waals surface area contributed by atoms with Gasteiger partial charge in [-0.25, -0.2) is 0 Å². The van der Waals surface area contributed by atoms with Crippen LogP contribution in [-0.4, -0.2) is 4.98 Å². The van der Waals surface area contributed by atoms with Crippen LogP contribution < -0.4 is 0 Å². The molecule has 0 spiro atoms. The van der Waals surface area contributed by atoms with Crippen LogP contribution in [0.2, 0.25) is 0 Å². The van der Waals surface area contributed by atoms with Gasteiger partial charge in [0.15, 0.2) is 0 Å². The summed E-state index contributed by atoms with van der Waals surface area (Å²) in [6.45, 7) is 11.3. The van der Waals surface area contributed by atoms with Crippen LogP contribution in [-0.2, 0) is 0 Å². The fraction of sp³-hybridized carbons (Fsp3) is 0.200. The summed E-state index contributed by atoms with van der Waals surface area (Å²) in [5.74, 6) is 0. The molecule has 0 aromatic carbocycles. The van der Waals surface area contributed by atoms with Crippen LogP contribution in [0.25, 0.3) is 12.2 Å². The molecular formula is C10H15N. The molecule has 1 aromatic rings. The molecule has 1 rings (SSSR count). The normalized spacial score (nSPS) is 7.82. The van der Waals surface area contributed by atoms with Gasteiger partial charge >= 0.3 is 0 Å². The van der Waals surface area contributed by atoms with Crippen molar-refractivity contribution in [3.63, 3.8) is 0 Å². The molecule has 11 heavy (non-hydrogen) atoms. The highest BCUT2D eigenvalue weighted by Crippen LogP contribution is 2.07. The summed E-state index contributed by atoms with van der Waals surface area (Å²) in [7, 11) is 0. The Morgan fingerprint density at radius 1 is 1.27 bits per heavy atom. The van der Waals surface area contributed by atoms with E-state index in [-0.39, 0.29) is 0 Å². The van der Waals surface area contributed by atoms with Gasteiger partial charge in [-0.15, -0.1) is 0 Å². The summed E-state index contributed by atoms with van der Waals surface area (Å²) < 4.78 is 0. The van der Waals surface area contributed by atoms with E-state index >= 15 is 0 Å². The summed E-state index contributed by atoms with van der Waals surface area (Å²) in [6, 6.07) is 1.96. The molecule has 1 heterocycles. The van der Waals surface area contributed by atoms with Gasteiger partial charge in [0, 0.05) is 11.9 Å². The van der Waals surface area contributed by atoms with Crippen molar-refractivity contribution in [2.45, 2.75) is 13.8 Å². The van der Waals surface area contributed by atoms with Crippen LogP contribution in [0, 0.1) is 0 Å². The first-order chi connectivity index (χ1) is 5.38. The lowest BCUT2D eigenvalue weighted by Gasteiger charge is -1.86. The highest BCUT2D eigenvalue weighted by atomic mass is 14.7. The number of aromatic amines is 1. The third-order valence-electron chi connectivity index (χ3n) is 1.24. The number of aromatic nitrogens is 1. The monoisotopic (exact) mass is 149 g/mol. The molecule has 0 atom stereocenters. The Balaban J connectivity index is 0.000000461. The topological polar surface area (TPSA) is 15.8 Å². The van der Waals surface area contributed by atoms with Crippen LogP contribution >= 0.6 is 0 Å². The Morgan fingerprint density at radius 2 is 1.91 bits per heavy atom. The minimum absolute atomic E-state index is 1.03. The lowest BCUT2D eigenvalue weighted by molar-refractivity contribution is 1.37. The average molecular weight is 149 g/mol. The van der Waals surface area contributed by atoms with Gasteiger partial charge in [-0.05, 0) is 17.7 Å². The van der Waals surface area contributed by atoms with Crippen molar-refractivity contribution in [3.05, 3.63) is 36.7 Å². The van der Waals surface area contributed by atoms with Crippen molar-refractivity contribution in [1.82, 2.24) is 4.98 Å². The second kappa shape index (κ2) is 5.54. The zero-order valence-electron chi connectivity index (χ0n) is 7.22. The number of hydrogen-bond acceptors (Lipinski definition) is 0. The van der Waals surface area contributed by atoms with E-state index in [1.807, 2.05) is 26.1 Å². The molecule has 0 saturated carbocycles. The van der Waals surface area contributed by atoms with E-state index in [0.29, 0.717) is 0 Å². The van der Waals surface area contributed by atoms with E-state index in [0.717, 1.165) is 11.3 Å². The lowest BCUT2D eigenvalue weighted by Crippen LogP contribution is -1.70. The van der Waals surface area contributed by atoms with Crippen LogP contribution in [0.3, 0.4) is 0 Å². The third-order valence-corrected chi connectivity index (χ3v) is 1.24. The molecule has 0 radical (unpaired) electrons. The predicted molar refractivity (Wildman–Crippen MR) is 52.3 cm³/mol. The Labute approximate surface area is 68.5 Å². The van der Waals surface area contributed by atoms with Gasteiger partial charge in [0.2, 0.25) is 0 Å². The Hall–Kier alpha value is -1.24. The van der Waals surface area contributed by atoms with Crippen molar-refractivity contribution < 1.29 is 0 Å². The molecule has 0 aliphatic carbocycles. The zero-order chi connectivity index (χ0) is 8.69. The van der Waals surface area contributed by atoms with E-state index in [1.165, 1.54) is 0 Å². The van der Waals surface area contributed by atoms with Gasteiger partial charge in [0.05, 0.1) is 0 Å².